The highest BCUT2D eigenvalue weighted by Crippen LogP contribution is 2.22. The molecular weight excluding hydrogens is 248 g/mol. The highest BCUT2D eigenvalue weighted by molar-refractivity contribution is 7.98. The van der Waals surface area contributed by atoms with Crippen molar-refractivity contribution in [1.29, 1.82) is 0 Å². The number of thioether (sulfide) groups is 1. The minimum absolute atomic E-state index is 0.326. The first kappa shape index (κ1) is 14.7. The van der Waals surface area contributed by atoms with Crippen LogP contribution < -0.4 is 11.1 Å². The van der Waals surface area contributed by atoms with E-state index in [1.54, 1.807) is 23.9 Å². The van der Waals surface area contributed by atoms with Crippen molar-refractivity contribution >= 4 is 29.1 Å². The van der Waals surface area contributed by atoms with Gasteiger partial charge in [-0.15, -0.1) is 0 Å². The fourth-order valence-corrected chi connectivity index (χ4v) is 2.37. The Kier molecular flexibility index (Phi) is 5.85. The summed E-state index contributed by atoms with van der Waals surface area (Å²) in [6, 6.07) is 5.57. The minimum atomic E-state index is -0.371. The van der Waals surface area contributed by atoms with Crippen LogP contribution >= 0.6 is 11.8 Å². The molecule has 1 aromatic carbocycles. The summed E-state index contributed by atoms with van der Waals surface area (Å²) < 4.78 is 4.77. The number of ether oxygens (including phenoxy) is 1. The van der Waals surface area contributed by atoms with E-state index in [1.807, 2.05) is 6.07 Å². The number of nitrogens with two attached hydrogens (primary N) is 1. The van der Waals surface area contributed by atoms with Crippen LogP contribution in [0.4, 0.5) is 11.4 Å². The van der Waals surface area contributed by atoms with Crippen LogP contribution in [-0.4, -0.2) is 31.1 Å². The van der Waals surface area contributed by atoms with E-state index in [4.69, 9.17) is 10.5 Å². The second-order valence-electron chi connectivity index (χ2n) is 4.00. The van der Waals surface area contributed by atoms with Gasteiger partial charge in [-0.05, 0) is 30.9 Å². The van der Waals surface area contributed by atoms with Gasteiger partial charge in [-0.25, -0.2) is 4.79 Å². The molecule has 0 heterocycles. The van der Waals surface area contributed by atoms with E-state index in [1.165, 1.54) is 7.11 Å². The third-order valence-corrected chi connectivity index (χ3v) is 3.40. The number of esters is 1. The van der Waals surface area contributed by atoms with Gasteiger partial charge in [0, 0.05) is 23.2 Å². The van der Waals surface area contributed by atoms with Crippen LogP contribution in [0.2, 0.25) is 0 Å². The number of anilines is 2. The number of benzene rings is 1. The Bertz CT molecular complexity index is 410. The number of rotatable bonds is 6. The van der Waals surface area contributed by atoms with E-state index in [-0.39, 0.29) is 5.97 Å². The monoisotopic (exact) mass is 268 g/mol. The number of hydrogen-bond acceptors (Lipinski definition) is 5. The fourth-order valence-electron chi connectivity index (χ4n) is 1.65. The first-order valence-corrected chi connectivity index (χ1v) is 7.25. The van der Waals surface area contributed by atoms with Crippen molar-refractivity contribution in [2.45, 2.75) is 19.4 Å². The molecule has 0 aliphatic rings. The standard InChI is InChI=1S/C13H20N2O2S/c1-4-10(8-18-3)15-12-6-5-9(14)7-11(12)13(16)17-2/h5-7,10,15H,4,8,14H2,1-3H3. The lowest BCUT2D eigenvalue weighted by atomic mass is 10.1. The highest BCUT2D eigenvalue weighted by atomic mass is 32.2. The molecule has 1 unspecified atom stereocenters. The van der Waals surface area contributed by atoms with Gasteiger partial charge in [0.2, 0.25) is 0 Å². The van der Waals surface area contributed by atoms with Crippen LogP contribution in [0.3, 0.4) is 0 Å². The van der Waals surface area contributed by atoms with E-state index < -0.39 is 0 Å². The number of methoxy groups -OCH3 is 1. The van der Waals surface area contributed by atoms with Crippen LogP contribution in [0, 0.1) is 0 Å². The molecule has 100 valence electrons. The minimum Gasteiger partial charge on any atom is -0.465 e. The average Bonchev–Trinajstić information content (AvgIpc) is 2.39. The Labute approximate surface area is 112 Å². The molecule has 0 aliphatic carbocycles. The average molecular weight is 268 g/mol. The molecule has 0 bridgehead atoms. The zero-order valence-electron chi connectivity index (χ0n) is 11.0. The van der Waals surface area contributed by atoms with Crippen molar-refractivity contribution < 1.29 is 9.53 Å². The van der Waals surface area contributed by atoms with Crippen molar-refractivity contribution in [3.05, 3.63) is 23.8 Å². The van der Waals surface area contributed by atoms with Crippen molar-refractivity contribution in [2.24, 2.45) is 0 Å². The van der Waals surface area contributed by atoms with Crippen molar-refractivity contribution in [1.82, 2.24) is 0 Å². The Morgan fingerprint density at radius 3 is 2.83 bits per heavy atom. The fraction of sp³-hybridized carbons (Fsp3) is 0.462. The van der Waals surface area contributed by atoms with Crippen LogP contribution in [0.1, 0.15) is 23.7 Å². The van der Waals surface area contributed by atoms with E-state index >= 15 is 0 Å². The molecule has 0 aromatic heterocycles. The Balaban J connectivity index is 2.96. The second kappa shape index (κ2) is 7.16. The summed E-state index contributed by atoms with van der Waals surface area (Å²) in [5, 5.41) is 3.36. The zero-order valence-corrected chi connectivity index (χ0v) is 11.8. The van der Waals surface area contributed by atoms with E-state index in [0.29, 0.717) is 17.3 Å². The van der Waals surface area contributed by atoms with Gasteiger partial charge >= 0.3 is 5.97 Å². The summed E-state index contributed by atoms with van der Waals surface area (Å²) >= 11 is 1.77. The molecule has 0 saturated carbocycles. The van der Waals surface area contributed by atoms with Crippen LogP contribution in [0.25, 0.3) is 0 Å². The molecule has 0 aliphatic heterocycles. The largest absolute Gasteiger partial charge is 0.465 e. The second-order valence-corrected chi connectivity index (χ2v) is 4.91. The predicted molar refractivity (Wildman–Crippen MR) is 78.3 cm³/mol. The molecule has 1 atom stereocenters. The van der Waals surface area contributed by atoms with Crippen molar-refractivity contribution in [3.8, 4) is 0 Å². The molecule has 0 amide bonds. The van der Waals surface area contributed by atoms with E-state index in [0.717, 1.165) is 17.9 Å². The molecule has 0 saturated heterocycles. The van der Waals surface area contributed by atoms with Crippen LogP contribution in [-0.2, 0) is 4.74 Å². The molecule has 4 nitrogen and oxygen atoms in total. The Morgan fingerprint density at radius 1 is 1.56 bits per heavy atom. The maximum atomic E-state index is 11.7. The van der Waals surface area contributed by atoms with E-state index in [2.05, 4.69) is 18.5 Å². The SMILES string of the molecule is CCC(CSC)Nc1ccc(N)cc1C(=O)OC. The topological polar surface area (TPSA) is 64.3 Å². The number of carbonyl (C=O) groups excluding carboxylic acids is 1. The van der Waals surface area contributed by atoms with Crippen LogP contribution in [0.15, 0.2) is 18.2 Å². The summed E-state index contributed by atoms with van der Waals surface area (Å²) in [6.45, 7) is 2.11. The quantitative estimate of drug-likeness (QED) is 0.613. The summed E-state index contributed by atoms with van der Waals surface area (Å²) in [5.41, 5.74) is 7.52. The number of hydrogen-bond donors (Lipinski definition) is 2. The molecule has 0 radical (unpaired) electrons. The zero-order chi connectivity index (χ0) is 13.5. The van der Waals surface area contributed by atoms with Gasteiger partial charge in [0.1, 0.15) is 0 Å². The number of nitrogen functional groups attached to an aromatic ring is 1. The molecule has 18 heavy (non-hydrogen) atoms. The van der Waals surface area contributed by atoms with Gasteiger partial charge < -0.3 is 15.8 Å². The Morgan fingerprint density at radius 2 is 2.28 bits per heavy atom. The van der Waals surface area contributed by atoms with Gasteiger partial charge in [-0.3, -0.25) is 0 Å². The summed E-state index contributed by atoms with van der Waals surface area (Å²) in [5.74, 6) is 0.616. The lowest BCUT2D eigenvalue weighted by Crippen LogP contribution is -2.22. The van der Waals surface area contributed by atoms with Gasteiger partial charge in [-0.2, -0.15) is 11.8 Å². The van der Waals surface area contributed by atoms with Crippen LogP contribution in [0.5, 0.6) is 0 Å². The Hall–Kier alpha value is -1.36. The number of carbonyl (C=O) groups is 1. The van der Waals surface area contributed by atoms with Gasteiger partial charge in [0.15, 0.2) is 0 Å². The first-order chi connectivity index (χ1) is 8.62. The predicted octanol–water partition coefficient (Wildman–Crippen LogP) is 2.61. The molecule has 1 aromatic rings. The number of nitrogens with one attached hydrogen (secondary N) is 1. The first-order valence-electron chi connectivity index (χ1n) is 5.85. The smallest absolute Gasteiger partial charge is 0.340 e. The third kappa shape index (κ3) is 3.84. The molecule has 3 N–H and O–H groups in total. The normalized spacial score (nSPS) is 11.9. The highest BCUT2D eigenvalue weighted by Gasteiger charge is 2.14. The van der Waals surface area contributed by atoms with Gasteiger partial charge in [0.05, 0.1) is 12.7 Å². The van der Waals surface area contributed by atoms with Crippen molar-refractivity contribution in [2.75, 3.05) is 30.2 Å². The lowest BCUT2D eigenvalue weighted by molar-refractivity contribution is 0.0602. The molecule has 5 heteroatoms. The van der Waals surface area contributed by atoms with E-state index in [9.17, 15) is 4.79 Å². The molecule has 0 fully saturated rings. The summed E-state index contributed by atoms with van der Waals surface area (Å²) in [4.78, 5) is 11.7. The maximum Gasteiger partial charge on any atom is 0.340 e. The van der Waals surface area contributed by atoms with Crippen molar-refractivity contribution in [3.63, 3.8) is 0 Å². The lowest BCUT2D eigenvalue weighted by Gasteiger charge is -2.19. The molecular formula is C13H20N2O2S. The third-order valence-electron chi connectivity index (χ3n) is 2.67. The van der Waals surface area contributed by atoms with Gasteiger partial charge in [-0.1, -0.05) is 6.92 Å². The summed E-state index contributed by atoms with van der Waals surface area (Å²) in [6.07, 6.45) is 3.06. The summed E-state index contributed by atoms with van der Waals surface area (Å²) in [7, 11) is 1.37. The molecule has 1 rings (SSSR count). The molecule has 0 spiro atoms. The maximum absolute atomic E-state index is 11.7. The van der Waals surface area contributed by atoms with Gasteiger partial charge in [0.25, 0.3) is 0 Å².